The second kappa shape index (κ2) is 6.20. The summed E-state index contributed by atoms with van der Waals surface area (Å²) >= 11 is 0. The van der Waals surface area contributed by atoms with E-state index in [4.69, 9.17) is 14.6 Å². The van der Waals surface area contributed by atoms with Crippen molar-refractivity contribution in [2.24, 2.45) is 0 Å². The Labute approximate surface area is 127 Å². The zero-order valence-electron chi connectivity index (χ0n) is 11.7. The third kappa shape index (κ3) is 2.79. The topological polar surface area (TPSA) is 99.4 Å². The van der Waals surface area contributed by atoms with Crippen molar-refractivity contribution < 1.29 is 29.9 Å². The predicted octanol–water partition coefficient (Wildman–Crippen LogP) is 0.0185. The predicted molar refractivity (Wildman–Crippen MR) is 78.3 cm³/mol. The van der Waals surface area contributed by atoms with Gasteiger partial charge in [-0.1, -0.05) is 30.3 Å². The minimum absolute atomic E-state index is 0.461. The molecule has 2 unspecified atom stereocenters. The highest BCUT2D eigenvalue weighted by Gasteiger charge is 2.44. The fourth-order valence-corrected chi connectivity index (χ4v) is 2.54. The van der Waals surface area contributed by atoms with Gasteiger partial charge in [0.15, 0.2) is 0 Å². The molecule has 1 saturated heterocycles. The zero-order chi connectivity index (χ0) is 15.7. The molecule has 4 N–H and O–H groups in total. The average molecular weight is 306 g/mol. The van der Waals surface area contributed by atoms with E-state index >= 15 is 0 Å². The Kier molecular flexibility index (Phi) is 4.28. The lowest BCUT2D eigenvalue weighted by atomic mass is 9.99. The second-order valence-corrected chi connectivity index (χ2v) is 5.32. The van der Waals surface area contributed by atoms with Gasteiger partial charge in [0.1, 0.15) is 30.2 Å². The summed E-state index contributed by atoms with van der Waals surface area (Å²) in [5.74, 6) is 0.461. The van der Waals surface area contributed by atoms with Crippen LogP contribution in [0.1, 0.15) is 0 Å². The Morgan fingerprint density at radius 1 is 0.909 bits per heavy atom. The molecule has 1 aliphatic rings. The van der Waals surface area contributed by atoms with Crippen LogP contribution >= 0.6 is 0 Å². The molecule has 1 aliphatic heterocycles. The quantitative estimate of drug-likeness (QED) is 0.638. The fraction of sp³-hybridized carbons (Fsp3) is 0.375. The van der Waals surface area contributed by atoms with Gasteiger partial charge in [0.2, 0.25) is 6.29 Å². The van der Waals surface area contributed by atoms with E-state index in [-0.39, 0.29) is 0 Å². The molecule has 0 aliphatic carbocycles. The van der Waals surface area contributed by atoms with Crippen molar-refractivity contribution in [2.45, 2.75) is 30.7 Å². The van der Waals surface area contributed by atoms with E-state index in [1.54, 1.807) is 12.1 Å². The molecule has 118 valence electrons. The summed E-state index contributed by atoms with van der Waals surface area (Å²) in [6.07, 6.45) is -6.40. The molecule has 2 aromatic rings. The number of aliphatic hydroxyl groups is 4. The van der Waals surface area contributed by atoms with Gasteiger partial charge in [-0.2, -0.15) is 0 Å². The van der Waals surface area contributed by atoms with Gasteiger partial charge in [0, 0.05) is 0 Å². The summed E-state index contributed by atoms with van der Waals surface area (Å²) in [5.41, 5.74) is 0. The third-order valence-corrected chi connectivity index (χ3v) is 3.82. The van der Waals surface area contributed by atoms with Gasteiger partial charge >= 0.3 is 0 Å². The molecule has 2 aromatic carbocycles. The van der Waals surface area contributed by atoms with E-state index in [2.05, 4.69) is 0 Å². The van der Waals surface area contributed by atoms with Crippen LogP contribution in [0.3, 0.4) is 0 Å². The van der Waals surface area contributed by atoms with E-state index in [1.165, 1.54) is 0 Å². The minimum Gasteiger partial charge on any atom is -0.462 e. The smallest absolute Gasteiger partial charge is 0.229 e. The van der Waals surface area contributed by atoms with Crippen LogP contribution in [0.25, 0.3) is 10.8 Å². The van der Waals surface area contributed by atoms with Gasteiger partial charge in [0.05, 0.1) is 6.61 Å². The monoisotopic (exact) mass is 306 g/mol. The van der Waals surface area contributed by atoms with Gasteiger partial charge in [-0.05, 0) is 22.9 Å². The first-order valence-corrected chi connectivity index (χ1v) is 7.06. The third-order valence-electron chi connectivity index (χ3n) is 3.82. The lowest BCUT2D eigenvalue weighted by Crippen LogP contribution is -2.60. The Balaban J connectivity index is 1.80. The second-order valence-electron chi connectivity index (χ2n) is 5.32. The van der Waals surface area contributed by atoms with Crippen molar-refractivity contribution in [3.63, 3.8) is 0 Å². The minimum atomic E-state index is -1.45. The Morgan fingerprint density at radius 3 is 2.36 bits per heavy atom. The van der Waals surface area contributed by atoms with E-state index in [1.807, 2.05) is 30.3 Å². The summed E-state index contributed by atoms with van der Waals surface area (Å²) in [6, 6.07) is 13.1. The van der Waals surface area contributed by atoms with Crippen molar-refractivity contribution in [1.82, 2.24) is 0 Å². The van der Waals surface area contributed by atoms with Crippen molar-refractivity contribution in [1.29, 1.82) is 0 Å². The van der Waals surface area contributed by atoms with E-state index in [0.29, 0.717) is 5.75 Å². The molecule has 0 bridgehead atoms. The molecule has 5 atom stereocenters. The van der Waals surface area contributed by atoms with Crippen LogP contribution in [0, 0.1) is 0 Å². The van der Waals surface area contributed by atoms with Gasteiger partial charge in [-0.3, -0.25) is 0 Å². The number of fused-ring (bicyclic) bond motifs is 1. The Morgan fingerprint density at radius 2 is 1.64 bits per heavy atom. The van der Waals surface area contributed by atoms with Crippen molar-refractivity contribution in [2.75, 3.05) is 6.61 Å². The van der Waals surface area contributed by atoms with E-state index < -0.39 is 37.3 Å². The molecular formula is C16H18O6. The molecule has 0 aromatic heterocycles. The van der Waals surface area contributed by atoms with Crippen molar-refractivity contribution in [3.05, 3.63) is 42.5 Å². The van der Waals surface area contributed by atoms with Crippen LogP contribution in [0.15, 0.2) is 42.5 Å². The summed E-state index contributed by atoms with van der Waals surface area (Å²) < 4.78 is 10.9. The van der Waals surface area contributed by atoms with Crippen LogP contribution in [-0.4, -0.2) is 57.7 Å². The van der Waals surface area contributed by atoms with Crippen LogP contribution < -0.4 is 4.74 Å². The summed E-state index contributed by atoms with van der Waals surface area (Å²) in [4.78, 5) is 0. The van der Waals surface area contributed by atoms with Crippen LogP contribution in [0.5, 0.6) is 5.75 Å². The van der Waals surface area contributed by atoms with Crippen LogP contribution in [-0.2, 0) is 4.74 Å². The Bertz CT molecular complexity index is 643. The molecule has 0 amide bonds. The molecule has 3 rings (SSSR count). The first-order chi connectivity index (χ1) is 10.6. The number of benzene rings is 2. The van der Waals surface area contributed by atoms with Gasteiger partial charge in [-0.25, -0.2) is 0 Å². The first kappa shape index (κ1) is 15.2. The number of hydrogen-bond donors (Lipinski definition) is 4. The zero-order valence-corrected chi connectivity index (χ0v) is 11.7. The van der Waals surface area contributed by atoms with Gasteiger partial charge in [0.25, 0.3) is 0 Å². The number of aliphatic hydroxyl groups excluding tert-OH is 4. The van der Waals surface area contributed by atoms with Crippen LogP contribution in [0.4, 0.5) is 0 Å². The van der Waals surface area contributed by atoms with E-state index in [9.17, 15) is 15.3 Å². The molecule has 0 saturated carbocycles. The Hall–Kier alpha value is -1.70. The first-order valence-electron chi connectivity index (χ1n) is 7.06. The van der Waals surface area contributed by atoms with E-state index in [0.717, 1.165) is 10.8 Å². The average Bonchev–Trinajstić information content (AvgIpc) is 2.55. The number of hydrogen-bond acceptors (Lipinski definition) is 6. The SMILES string of the molecule is OCC1O[C@@H](Oc2ccc3ccccc3c2)C(O)[C@@H](O)[C@@H]1O. The van der Waals surface area contributed by atoms with Crippen molar-refractivity contribution in [3.8, 4) is 5.75 Å². The summed E-state index contributed by atoms with van der Waals surface area (Å²) in [5, 5.41) is 40.6. The molecule has 22 heavy (non-hydrogen) atoms. The highest BCUT2D eigenvalue weighted by atomic mass is 16.7. The maximum atomic E-state index is 9.95. The molecule has 1 heterocycles. The highest BCUT2D eigenvalue weighted by molar-refractivity contribution is 5.83. The summed E-state index contributed by atoms with van der Waals surface area (Å²) in [7, 11) is 0. The molecule has 6 heteroatoms. The highest BCUT2D eigenvalue weighted by Crippen LogP contribution is 2.26. The molecule has 1 fully saturated rings. The molecule has 0 spiro atoms. The standard InChI is InChI=1S/C16H18O6/c17-8-12-13(18)14(19)15(20)16(22-12)21-11-6-5-9-3-1-2-4-10(9)7-11/h1-7,12-20H,8H2/t12?,13-,14+,15?,16-/m1/s1. The normalized spacial score (nSPS) is 32.1. The number of ether oxygens (including phenoxy) is 2. The molecule has 6 nitrogen and oxygen atoms in total. The largest absolute Gasteiger partial charge is 0.462 e. The van der Waals surface area contributed by atoms with Gasteiger partial charge in [-0.15, -0.1) is 0 Å². The van der Waals surface area contributed by atoms with Crippen LogP contribution in [0.2, 0.25) is 0 Å². The van der Waals surface area contributed by atoms with Gasteiger partial charge < -0.3 is 29.9 Å². The summed E-state index contributed by atoms with van der Waals surface area (Å²) in [6.45, 7) is -0.484. The lowest BCUT2D eigenvalue weighted by molar-refractivity contribution is -0.277. The number of rotatable bonds is 3. The maximum absolute atomic E-state index is 9.95. The molecular weight excluding hydrogens is 288 g/mol. The van der Waals surface area contributed by atoms with Crippen molar-refractivity contribution >= 4 is 10.8 Å². The maximum Gasteiger partial charge on any atom is 0.229 e. The lowest BCUT2D eigenvalue weighted by Gasteiger charge is -2.39. The molecule has 0 radical (unpaired) electrons. The fourth-order valence-electron chi connectivity index (χ4n) is 2.54.